The monoisotopic (exact) mass is 418 g/mol. The zero-order chi connectivity index (χ0) is 21.4. The molecule has 1 fully saturated rings. The number of carbonyl (C=O) groups excluding carboxylic acids is 2. The molecule has 0 bridgehead atoms. The SMILES string of the molecule is CCNC(=S)N1CCC([C@@H](NC(=O)c2ccc(C)cc2)C(=O)N[C@H](C)CC)CC1. The van der Waals surface area contributed by atoms with Crippen LogP contribution < -0.4 is 16.0 Å². The molecule has 0 aromatic heterocycles. The van der Waals surface area contributed by atoms with Gasteiger partial charge >= 0.3 is 0 Å². The van der Waals surface area contributed by atoms with Crippen molar-refractivity contribution < 1.29 is 9.59 Å². The fraction of sp³-hybridized carbons (Fsp3) is 0.591. The minimum absolute atomic E-state index is 0.0719. The molecule has 1 aromatic rings. The van der Waals surface area contributed by atoms with E-state index in [4.69, 9.17) is 12.2 Å². The lowest BCUT2D eigenvalue weighted by atomic mass is 9.88. The predicted molar refractivity (Wildman–Crippen MR) is 121 cm³/mol. The maximum atomic E-state index is 13.0. The lowest BCUT2D eigenvalue weighted by Crippen LogP contribution is -2.55. The summed E-state index contributed by atoms with van der Waals surface area (Å²) in [7, 11) is 0. The number of nitrogens with zero attached hydrogens (tertiary/aromatic N) is 1. The van der Waals surface area contributed by atoms with Crippen molar-refractivity contribution in [1.82, 2.24) is 20.9 Å². The topological polar surface area (TPSA) is 73.5 Å². The lowest BCUT2D eigenvalue weighted by Gasteiger charge is -2.37. The second-order valence-electron chi connectivity index (χ2n) is 7.80. The van der Waals surface area contributed by atoms with Crippen LogP contribution in [0.2, 0.25) is 0 Å². The van der Waals surface area contributed by atoms with Crippen LogP contribution in [-0.4, -0.2) is 53.5 Å². The Morgan fingerprint density at radius 3 is 2.31 bits per heavy atom. The van der Waals surface area contributed by atoms with Gasteiger partial charge in [-0.25, -0.2) is 0 Å². The highest BCUT2D eigenvalue weighted by atomic mass is 32.1. The lowest BCUT2D eigenvalue weighted by molar-refractivity contribution is -0.125. The molecule has 1 heterocycles. The minimum Gasteiger partial charge on any atom is -0.363 e. The Kier molecular flexibility index (Phi) is 8.89. The van der Waals surface area contributed by atoms with Crippen molar-refractivity contribution in [1.29, 1.82) is 0 Å². The van der Waals surface area contributed by atoms with E-state index in [1.807, 2.05) is 39.8 Å². The van der Waals surface area contributed by atoms with Crippen LogP contribution in [0, 0.1) is 12.8 Å². The standard InChI is InChI=1S/C22H34N4O2S/c1-5-16(4)24-21(28)19(25-20(27)18-9-7-15(3)8-10-18)17-11-13-26(14-12-17)22(29)23-6-2/h7-10,16-17,19H,5-6,11-14H2,1-4H3,(H,23,29)(H,24,28)(H,25,27)/t16-,19-/m1/s1. The van der Waals surface area contributed by atoms with E-state index in [1.54, 1.807) is 12.1 Å². The molecule has 0 unspecified atom stereocenters. The molecule has 29 heavy (non-hydrogen) atoms. The average molecular weight is 419 g/mol. The van der Waals surface area contributed by atoms with E-state index in [2.05, 4.69) is 20.9 Å². The first-order valence-corrected chi connectivity index (χ1v) is 11.0. The number of carbonyl (C=O) groups is 2. The molecule has 2 rings (SSSR count). The van der Waals surface area contributed by atoms with E-state index < -0.39 is 6.04 Å². The molecule has 0 radical (unpaired) electrons. The third kappa shape index (κ3) is 6.70. The van der Waals surface area contributed by atoms with E-state index in [-0.39, 0.29) is 23.8 Å². The van der Waals surface area contributed by atoms with Crippen molar-refractivity contribution in [2.24, 2.45) is 5.92 Å². The summed E-state index contributed by atoms with van der Waals surface area (Å²) in [5.41, 5.74) is 1.67. The van der Waals surface area contributed by atoms with Gasteiger partial charge in [-0.15, -0.1) is 0 Å². The molecule has 0 spiro atoms. The molecule has 1 aliphatic rings. The van der Waals surface area contributed by atoms with Crippen LogP contribution in [0.1, 0.15) is 56.0 Å². The second kappa shape index (κ2) is 11.1. The van der Waals surface area contributed by atoms with E-state index >= 15 is 0 Å². The highest BCUT2D eigenvalue weighted by Crippen LogP contribution is 2.22. The molecule has 3 N–H and O–H groups in total. The molecule has 0 aliphatic carbocycles. The first-order chi connectivity index (χ1) is 13.8. The Labute approximate surface area is 179 Å². The Morgan fingerprint density at radius 1 is 1.14 bits per heavy atom. The zero-order valence-electron chi connectivity index (χ0n) is 18.0. The van der Waals surface area contributed by atoms with Crippen LogP contribution in [-0.2, 0) is 4.79 Å². The van der Waals surface area contributed by atoms with Crippen molar-refractivity contribution in [3.8, 4) is 0 Å². The van der Waals surface area contributed by atoms with Crippen LogP contribution in [0.15, 0.2) is 24.3 Å². The van der Waals surface area contributed by atoms with Crippen molar-refractivity contribution in [3.63, 3.8) is 0 Å². The van der Waals surface area contributed by atoms with Gasteiger partial charge in [0.05, 0.1) is 0 Å². The Balaban J connectivity index is 2.09. The Hall–Kier alpha value is -2.15. The number of likely N-dealkylation sites (tertiary alicyclic amines) is 1. The van der Waals surface area contributed by atoms with Crippen molar-refractivity contribution >= 4 is 29.1 Å². The minimum atomic E-state index is -0.548. The van der Waals surface area contributed by atoms with Crippen LogP contribution in [0.25, 0.3) is 0 Å². The number of benzene rings is 1. The van der Waals surface area contributed by atoms with E-state index in [9.17, 15) is 9.59 Å². The van der Waals surface area contributed by atoms with E-state index in [0.717, 1.165) is 49.6 Å². The molecular weight excluding hydrogens is 384 g/mol. The van der Waals surface area contributed by atoms with Crippen LogP contribution in [0.5, 0.6) is 0 Å². The highest BCUT2D eigenvalue weighted by Gasteiger charge is 2.33. The average Bonchev–Trinajstić information content (AvgIpc) is 2.72. The van der Waals surface area contributed by atoms with Crippen molar-refractivity contribution in [3.05, 3.63) is 35.4 Å². The summed E-state index contributed by atoms with van der Waals surface area (Å²) in [4.78, 5) is 27.9. The van der Waals surface area contributed by atoms with Crippen LogP contribution >= 0.6 is 12.2 Å². The molecule has 2 atom stereocenters. The van der Waals surface area contributed by atoms with Gasteiger partial charge in [0, 0.05) is 31.2 Å². The summed E-state index contributed by atoms with van der Waals surface area (Å²) >= 11 is 5.41. The molecule has 1 saturated heterocycles. The first-order valence-electron chi connectivity index (χ1n) is 10.6. The molecule has 7 heteroatoms. The zero-order valence-corrected chi connectivity index (χ0v) is 18.8. The van der Waals surface area contributed by atoms with Gasteiger partial charge in [0.25, 0.3) is 5.91 Å². The second-order valence-corrected chi connectivity index (χ2v) is 8.18. The number of rotatable bonds is 7. The molecule has 160 valence electrons. The van der Waals surface area contributed by atoms with Gasteiger partial charge in [-0.05, 0) is 70.3 Å². The fourth-order valence-corrected chi connectivity index (χ4v) is 3.79. The van der Waals surface area contributed by atoms with Gasteiger partial charge in [0.2, 0.25) is 5.91 Å². The first kappa shape index (κ1) is 23.1. The maximum Gasteiger partial charge on any atom is 0.251 e. The van der Waals surface area contributed by atoms with Gasteiger partial charge in [-0.2, -0.15) is 0 Å². The fourth-order valence-electron chi connectivity index (χ4n) is 3.46. The number of hydrogen-bond acceptors (Lipinski definition) is 3. The molecule has 2 amide bonds. The van der Waals surface area contributed by atoms with Gasteiger partial charge < -0.3 is 20.9 Å². The number of nitrogens with one attached hydrogen (secondary N) is 3. The third-order valence-corrected chi connectivity index (χ3v) is 5.91. The van der Waals surface area contributed by atoms with Gasteiger partial charge in [0.1, 0.15) is 6.04 Å². The van der Waals surface area contributed by atoms with Crippen molar-refractivity contribution in [2.75, 3.05) is 19.6 Å². The van der Waals surface area contributed by atoms with Gasteiger partial charge in [-0.3, -0.25) is 9.59 Å². The normalized spacial score (nSPS) is 16.6. The highest BCUT2D eigenvalue weighted by molar-refractivity contribution is 7.80. The molecular formula is C22H34N4O2S. The van der Waals surface area contributed by atoms with Gasteiger partial charge in [-0.1, -0.05) is 24.6 Å². The Morgan fingerprint density at radius 2 is 1.76 bits per heavy atom. The number of piperidine rings is 1. The summed E-state index contributed by atoms with van der Waals surface area (Å²) in [6, 6.07) is 6.93. The molecule has 6 nitrogen and oxygen atoms in total. The van der Waals surface area contributed by atoms with E-state index in [1.165, 1.54) is 0 Å². The number of hydrogen-bond donors (Lipinski definition) is 3. The summed E-state index contributed by atoms with van der Waals surface area (Å²) in [6.07, 6.45) is 2.45. The maximum absolute atomic E-state index is 13.0. The Bertz CT molecular complexity index is 699. The summed E-state index contributed by atoms with van der Waals surface area (Å²) < 4.78 is 0. The number of thiocarbonyl (C=S) groups is 1. The van der Waals surface area contributed by atoms with Crippen LogP contribution in [0.3, 0.4) is 0 Å². The molecule has 0 saturated carbocycles. The van der Waals surface area contributed by atoms with Crippen molar-refractivity contribution in [2.45, 2.75) is 59.0 Å². The van der Waals surface area contributed by atoms with E-state index in [0.29, 0.717) is 5.56 Å². The largest absolute Gasteiger partial charge is 0.363 e. The number of aryl methyl sites for hydroxylation is 1. The quantitative estimate of drug-likeness (QED) is 0.594. The molecule has 1 aliphatic heterocycles. The molecule has 1 aromatic carbocycles. The number of amides is 2. The predicted octanol–water partition coefficient (Wildman–Crippen LogP) is 2.61. The van der Waals surface area contributed by atoms with Gasteiger partial charge in [0.15, 0.2) is 5.11 Å². The smallest absolute Gasteiger partial charge is 0.251 e. The summed E-state index contributed by atoms with van der Waals surface area (Å²) in [6.45, 7) is 10.4. The third-order valence-electron chi connectivity index (χ3n) is 5.51. The van der Waals surface area contributed by atoms with Crippen LogP contribution in [0.4, 0.5) is 0 Å². The summed E-state index contributed by atoms with van der Waals surface area (Å²) in [5.74, 6) is -0.235. The summed E-state index contributed by atoms with van der Waals surface area (Å²) in [5, 5.41) is 9.99.